The number of nitrogens with zero attached hydrogens (tertiary/aromatic N) is 4. The lowest BCUT2D eigenvalue weighted by Gasteiger charge is -2.14. The first-order valence-electron chi connectivity index (χ1n) is 8.21. The van der Waals surface area contributed by atoms with Gasteiger partial charge in [-0.05, 0) is 31.2 Å². The molecule has 2 aromatic rings. The summed E-state index contributed by atoms with van der Waals surface area (Å²) in [5.74, 6) is 0.560. The molecule has 0 aliphatic carbocycles. The van der Waals surface area contributed by atoms with Crippen molar-refractivity contribution in [1.29, 1.82) is 5.26 Å². The number of carbonyl (C=O) groups is 1. The number of Topliss-reactive ketones (excluding diaryl/α,β-unsaturated/α-hetero) is 1. The Hall–Kier alpha value is -2.15. The molecule has 0 bridgehead atoms. The van der Waals surface area contributed by atoms with Gasteiger partial charge in [-0.15, -0.1) is 21.5 Å². The van der Waals surface area contributed by atoms with Gasteiger partial charge in [0.1, 0.15) is 11.6 Å². The Morgan fingerprint density at radius 1 is 1.58 bits per heavy atom. The van der Waals surface area contributed by atoms with Crippen molar-refractivity contribution in [3.05, 3.63) is 28.8 Å². The zero-order valence-electron chi connectivity index (χ0n) is 14.3. The second-order valence-corrected chi connectivity index (χ2v) is 7.80. The van der Waals surface area contributed by atoms with E-state index in [2.05, 4.69) is 10.2 Å². The van der Waals surface area contributed by atoms with Gasteiger partial charge in [0.25, 0.3) is 0 Å². The van der Waals surface area contributed by atoms with Crippen molar-refractivity contribution in [1.82, 2.24) is 14.8 Å². The Bertz CT molecular complexity index is 841. The number of nitrogens with two attached hydrogens (primary N) is 1. The molecule has 1 atom stereocenters. The van der Waals surface area contributed by atoms with E-state index in [1.807, 2.05) is 28.1 Å². The number of ether oxygens (including phenoxy) is 1. The molecule has 0 aromatic carbocycles. The van der Waals surface area contributed by atoms with Crippen LogP contribution in [0.4, 0.5) is 0 Å². The number of carbonyl (C=O) groups excluding carboxylic acids is 1. The topological polar surface area (TPSA) is 107 Å². The maximum Gasteiger partial charge on any atom is 0.192 e. The average molecular weight is 390 g/mol. The van der Waals surface area contributed by atoms with Crippen molar-refractivity contribution in [3.8, 4) is 16.8 Å². The van der Waals surface area contributed by atoms with E-state index < -0.39 is 0 Å². The van der Waals surface area contributed by atoms with Crippen LogP contribution in [0.3, 0.4) is 0 Å². The summed E-state index contributed by atoms with van der Waals surface area (Å²) >= 11 is 2.86. The third-order valence-corrected chi connectivity index (χ3v) is 5.82. The molecule has 136 valence electrons. The largest absolute Gasteiger partial charge is 0.401 e. The number of hydrogen-bond acceptors (Lipinski definition) is 8. The van der Waals surface area contributed by atoms with Gasteiger partial charge in [0.05, 0.1) is 23.3 Å². The molecule has 26 heavy (non-hydrogen) atoms. The molecule has 7 nitrogen and oxygen atoms in total. The first-order valence-corrected chi connectivity index (χ1v) is 10.1. The number of nitriles is 1. The van der Waals surface area contributed by atoms with Crippen LogP contribution in [0, 0.1) is 11.3 Å². The van der Waals surface area contributed by atoms with E-state index in [0.29, 0.717) is 11.7 Å². The molecule has 9 heteroatoms. The lowest BCUT2D eigenvalue weighted by molar-refractivity contribution is -0.112. The molecule has 3 rings (SSSR count). The van der Waals surface area contributed by atoms with E-state index in [-0.39, 0.29) is 28.9 Å². The van der Waals surface area contributed by atoms with E-state index >= 15 is 0 Å². The van der Waals surface area contributed by atoms with Crippen LogP contribution in [0.1, 0.15) is 19.8 Å². The number of thioether (sulfide) groups is 1. The second-order valence-electron chi connectivity index (χ2n) is 5.91. The minimum Gasteiger partial charge on any atom is -0.401 e. The molecule has 1 saturated heterocycles. The van der Waals surface area contributed by atoms with Crippen LogP contribution in [0.15, 0.2) is 33.9 Å². The number of hydrogen-bond donors (Lipinski definition) is 1. The Morgan fingerprint density at radius 2 is 2.42 bits per heavy atom. The normalized spacial score (nSPS) is 17.8. The number of thiophene rings is 1. The molecule has 1 aliphatic heterocycles. The van der Waals surface area contributed by atoms with Crippen molar-refractivity contribution in [2.24, 2.45) is 5.73 Å². The van der Waals surface area contributed by atoms with E-state index in [1.54, 1.807) is 18.3 Å². The van der Waals surface area contributed by atoms with E-state index in [9.17, 15) is 4.79 Å². The summed E-state index contributed by atoms with van der Waals surface area (Å²) in [7, 11) is 0. The van der Waals surface area contributed by atoms with E-state index in [4.69, 9.17) is 15.7 Å². The summed E-state index contributed by atoms with van der Waals surface area (Å²) in [5, 5.41) is 20.3. The third kappa shape index (κ3) is 4.15. The quantitative estimate of drug-likeness (QED) is 0.440. The molecular formula is C17H19N5O2S2. The second kappa shape index (κ2) is 8.49. The van der Waals surface area contributed by atoms with Crippen LogP contribution in [0.2, 0.25) is 0 Å². The smallest absolute Gasteiger partial charge is 0.192 e. The van der Waals surface area contributed by atoms with Gasteiger partial charge >= 0.3 is 0 Å². The molecule has 1 unspecified atom stereocenters. The number of aromatic nitrogens is 3. The monoisotopic (exact) mass is 389 g/mol. The van der Waals surface area contributed by atoms with Crippen LogP contribution in [-0.4, -0.2) is 39.0 Å². The summed E-state index contributed by atoms with van der Waals surface area (Å²) in [4.78, 5) is 13.2. The van der Waals surface area contributed by atoms with Crippen molar-refractivity contribution < 1.29 is 9.53 Å². The van der Waals surface area contributed by atoms with Crippen molar-refractivity contribution in [3.63, 3.8) is 0 Å². The maximum atomic E-state index is 12.2. The predicted octanol–water partition coefficient (Wildman–Crippen LogP) is 2.60. The van der Waals surface area contributed by atoms with Crippen molar-refractivity contribution >= 4 is 28.9 Å². The zero-order valence-corrected chi connectivity index (χ0v) is 16.0. The molecule has 0 saturated carbocycles. The van der Waals surface area contributed by atoms with Crippen LogP contribution in [0.25, 0.3) is 10.7 Å². The van der Waals surface area contributed by atoms with Crippen LogP contribution in [0.5, 0.6) is 0 Å². The highest BCUT2D eigenvalue weighted by Crippen LogP contribution is 2.29. The molecule has 1 aliphatic rings. The Balaban J connectivity index is 1.81. The fourth-order valence-electron chi connectivity index (χ4n) is 2.71. The lowest BCUT2D eigenvalue weighted by Crippen LogP contribution is -2.17. The molecule has 0 radical (unpaired) electrons. The predicted molar refractivity (Wildman–Crippen MR) is 101 cm³/mol. The van der Waals surface area contributed by atoms with Gasteiger partial charge in [-0.2, -0.15) is 5.26 Å². The molecule has 1 fully saturated rings. The van der Waals surface area contributed by atoms with Gasteiger partial charge in [0, 0.05) is 12.3 Å². The highest BCUT2D eigenvalue weighted by molar-refractivity contribution is 7.99. The zero-order chi connectivity index (χ0) is 18.5. The summed E-state index contributed by atoms with van der Waals surface area (Å²) in [6.45, 7) is 2.97. The van der Waals surface area contributed by atoms with Crippen molar-refractivity contribution in [2.45, 2.75) is 37.6 Å². The van der Waals surface area contributed by atoms with E-state index in [0.717, 1.165) is 30.2 Å². The van der Waals surface area contributed by atoms with Crippen LogP contribution in [-0.2, 0) is 16.1 Å². The number of ketones is 1. The summed E-state index contributed by atoms with van der Waals surface area (Å²) in [5.41, 5.74) is 5.84. The van der Waals surface area contributed by atoms with Crippen molar-refractivity contribution in [2.75, 3.05) is 12.4 Å². The Labute approximate surface area is 159 Å². The fraction of sp³-hybridized carbons (Fsp3) is 0.412. The molecule has 0 spiro atoms. The highest BCUT2D eigenvalue weighted by Gasteiger charge is 2.23. The van der Waals surface area contributed by atoms with Gasteiger partial charge in [-0.3, -0.25) is 9.36 Å². The van der Waals surface area contributed by atoms with Gasteiger partial charge in [0.2, 0.25) is 0 Å². The highest BCUT2D eigenvalue weighted by atomic mass is 32.2. The van der Waals surface area contributed by atoms with Gasteiger partial charge in [-0.1, -0.05) is 17.8 Å². The maximum absolute atomic E-state index is 12.2. The summed E-state index contributed by atoms with van der Waals surface area (Å²) < 4.78 is 7.75. The van der Waals surface area contributed by atoms with Gasteiger partial charge < -0.3 is 10.5 Å². The van der Waals surface area contributed by atoms with Gasteiger partial charge in [0.15, 0.2) is 16.8 Å². The summed E-state index contributed by atoms with van der Waals surface area (Å²) in [6, 6.07) is 5.83. The first kappa shape index (κ1) is 18.6. The Morgan fingerprint density at radius 3 is 3.04 bits per heavy atom. The average Bonchev–Trinajstić information content (AvgIpc) is 3.36. The molecule has 2 N–H and O–H groups in total. The Kier molecular flexibility index (Phi) is 6.08. The summed E-state index contributed by atoms with van der Waals surface area (Å²) in [6.07, 6.45) is 2.17. The minimum atomic E-state index is -0.304. The van der Waals surface area contributed by atoms with Crippen LogP contribution >= 0.6 is 23.1 Å². The third-order valence-electron chi connectivity index (χ3n) is 3.99. The van der Waals surface area contributed by atoms with Gasteiger partial charge in [-0.25, -0.2) is 0 Å². The molecular weight excluding hydrogens is 370 g/mol. The minimum absolute atomic E-state index is 0.00109. The standard InChI is InChI=1S/C17H19N5O2S2/c1-11(19)13(8-18)14(23)10-26-17-21-20-16(15-5-3-7-25-15)22(17)9-12-4-2-6-24-12/h3,5,7,12H,2,4,6,9-10,19H2,1H3/b13-11-. The SMILES string of the molecule is C/C(N)=C(\C#N)C(=O)CSc1nnc(-c2cccs2)n1CC1CCCO1. The fourth-order valence-corrected chi connectivity index (χ4v) is 4.25. The molecule has 2 aromatic heterocycles. The molecule has 0 amide bonds. The number of allylic oxidation sites excluding steroid dienone is 2. The van der Waals surface area contributed by atoms with Crippen LogP contribution < -0.4 is 5.73 Å². The first-order chi connectivity index (χ1) is 12.6. The number of rotatable bonds is 7. The molecule has 3 heterocycles. The lowest BCUT2D eigenvalue weighted by atomic mass is 10.2. The van der Waals surface area contributed by atoms with E-state index in [1.165, 1.54) is 11.8 Å².